The van der Waals surface area contributed by atoms with Crippen LogP contribution in [0.2, 0.25) is 0 Å². The van der Waals surface area contributed by atoms with Crippen LogP contribution in [0.5, 0.6) is 0 Å². The largest absolute Gasteiger partial charge is 0.388 e. The normalized spacial score (nSPS) is 7.92. The van der Waals surface area contributed by atoms with Gasteiger partial charge >= 0.3 is 0 Å². The number of nitrogens with one attached hydrogen (secondary N) is 2. The predicted molar refractivity (Wildman–Crippen MR) is 55.7 cm³/mol. The van der Waals surface area contributed by atoms with Crippen molar-refractivity contribution in [3.05, 3.63) is 30.3 Å². The first kappa shape index (κ1) is 11.5. The van der Waals surface area contributed by atoms with Gasteiger partial charge < -0.3 is 10.6 Å². The molecule has 0 radical (unpaired) electrons. The van der Waals surface area contributed by atoms with Gasteiger partial charge in [-0.2, -0.15) is 0 Å². The number of rotatable bonds is 1. The number of benzene rings is 1. The number of para-hydroxylation sites is 1. The molecule has 0 spiro atoms. The zero-order valence-electron chi connectivity index (χ0n) is 8.29. The van der Waals surface area contributed by atoms with Crippen molar-refractivity contribution in [3.8, 4) is 0 Å². The molecule has 0 saturated heterocycles. The number of carbonyl (C=O) groups is 1. The van der Waals surface area contributed by atoms with E-state index in [0.717, 1.165) is 5.69 Å². The average Bonchev–Trinajstić information content (AvgIpc) is 2.20. The number of anilines is 1. The van der Waals surface area contributed by atoms with Crippen LogP contribution in [0.1, 0.15) is 6.92 Å². The Balaban J connectivity index is 0.000000252. The molecule has 0 fully saturated rings. The third-order valence-corrected chi connectivity index (χ3v) is 1.41. The number of carbonyl (C=O) groups excluding carboxylic acids is 1. The topological polar surface area (TPSA) is 41.1 Å². The van der Waals surface area contributed by atoms with E-state index in [-0.39, 0.29) is 5.91 Å². The van der Waals surface area contributed by atoms with E-state index >= 15 is 0 Å². The third kappa shape index (κ3) is 6.87. The Labute approximate surface area is 79.2 Å². The van der Waals surface area contributed by atoms with E-state index < -0.39 is 0 Å². The Kier molecular flexibility index (Phi) is 6.32. The SMILES string of the molecule is CNC(C)=O.CNc1ccccc1. The van der Waals surface area contributed by atoms with Gasteiger partial charge in [-0.3, -0.25) is 4.79 Å². The van der Waals surface area contributed by atoms with E-state index in [2.05, 4.69) is 10.6 Å². The second-order valence-electron chi connectivity index (χ2n) is 2.42. The molecule has 0 aliphatic rings. The minimum atomic E-state index is 0.00463. The minimum absolute atomic E-state index is 0.00463. The summed E-state index contributed by atoms with van der Waals surface area (Å²) in [6.45, 7) is 1.47. The Morgan fingerprint density at radius 3 is 1.85 bits per heavy atom. The lowest BCUT2D eigenvalue weighted by molar-refractivity contribution is -0.118. The average molecular weight is 180 g/mol. The summed E-state index contributed by atoms with van der Waals surface area (Å²) in [5, 5.41) is 5.42. The predicted octanol–water partition coefficient (Wildman–Crippen LogP) is 1.48. The maximum absolute atomic E-state index is 9.70. The van der Waals surface area contributed by atoms with Crippen LogP contribution in [0.4, 0.5) is 5.69 Å². The molecule has 0 aromatic heterocycles. The smallest absolute Gasteiger partial charge is 0.216 e. The first-order valence-electron chi connectivity index (χ1n) is 4.11. The van der Waals surface area contributed by atoms with Crippen LogP contribution < -0.4 is 10.6 Å². The molecule has 0 unspecified atom stereocenters. The molecule has 2 N–H and O–H groups in total. The maximum atomic E-state index is 9.70. The highest BCUT2D eigenvalue weighted by atomic mass is 16.1. The van der Waals surface area contributed by atoms with Gasteiger partial charge in [0.25, 0.3) is 0 Å². The van der Waals surface area contributed by atoms with Gasteiger partial charge in [-0.1, -0.05) is 18.2 Å². The zero-order chi connectivity index (χ0) is 10.1. The van der Waals surface area contributed by atoms with E-state index in [9.17, 15) is 4.79 Å². The van der Waals surface area contributed by atoms with Crippen LogP contribution in [0.15, 0.2) is 30.3 Å². The van der Waals surface area contributed by atoms with Gasteiger partial charge in [-0.15, -0.1) is 0 Å². The summed E-state index contributed by atoms with van der Waals surface area (Å²) in [7, 11) is 3.51. The number of hydrogen-bond donors (Lipinski definition) is 2. The summed E-state index contributed by atoms with van der Waals surface area (Å²) in [6, 6.07) is 10.1. The second kappa shape index (κ2) is 7.16. The number of amides is 1. The zero-order valence-corrected chi connectivity index (χ0v) is 8.29. The van der Waals surface area contributed by atoms with Crippen molar-refractivity contribution >= 4 is 11.6 Å². The van der Waals surface area contributed by atoms with E-state index in [1.807, 2.05) is 37.4 Å². The van der Waals surface area contributed by atoms with Crippen LogP contribution in [-0.4, -0.2) is 20.0 Å². The molecule has 3 nitrogen and oxygen atoms in total. The van der Waals surface area contributed by atoms with Gasteiger partial charge in [-0.25, -0.2) is 0 Å². The van der Waals surface area contributed by atoms with Crippen LogP contribution in [0, 0.1) is 0 Å². The third-order valence-electron chi connectivity index (χ3n) is 1.41. The highest BCUT2D eigenvalue weighted by molar-refractivity contribution is 5.72. The standard InChI is InChI=1S/C7H9N.C3H7NO/c1-8-7-5-3-2-4-6-7;1-3(5)4-2/h2-6,8H,1H3;1-2H3,(H,4,5). The van der Waals surface area contributed by atoms with Crippen LogP contribution >= 0.6 is 0 Å². The molecular formula is C10H16N2O. The molecule has 0 aliphatic heterocycles. The van der Waals surface area contributed by atoms with Crippen LogP contribution in [-0.2, 0) is 4.79 Å². The lowest BCUT2D eigenvalue weighted by Crippen LogP contribution is -2.11. The minimum Gasteiger partial charge on any atom is -0.388 e. The molecule has 0 aliphatic carbocycles. The molecule has 0 atom stereocenters. The van der Waals surface area contributed by atoms with Crippen molar-refractivity contribution in [3.63, 3.8) is 0 Å². The fourth-order valence-corrected chi connectivity index (χ4v) is 0.605. The molecule has 0 saturated carbocycles. The fraction of sp³-hybridized carbons (Fsp3) is 0.300. The molecule has 0 heterocycles. The summed E-state index contributed by atoms with van der Waals surface area (Å²) in [4.78, 5) is 9.70. The summed E-state index contributed by atoms with van der Waals surface area (Å²) in [5.74, 6) is 0.00463. The highest BCUT2D eigenvalue weighted by Crippen LogP contribution is 2.01. The van der Waals surface area contributed by atoms with Crippen LogP contribution in [0.25, 0.3) is 0 Å². The first-order valence-corrected chi connectivity index (χ1v) is 4.11. The van der Waals surface area contributed by atoms with Crippen molar-refractivity contribution in [1.82, 2.24) is 5.32 Å². The monoisotopic (exact) mass is 180 g/mol. The summed E-state index contributed by atoms with van der Waals surface area (Å²) in [6.07, 6.45) is 0. The first-order chi connectivity index (χ1) is 6.20. The molecule has 1 aromatic rings. The van der Waals surface area contributed by atoms with Gasteiger partial charge in [0.05, 0.1) is 0 Å². The van der Waals surface area contributed by atoms with Gasteiger partial charge in [0.15, 0.2) is 0 Å². The van der Waals surface area contributed by atoms with Crippen molar-refractivity contribution in [2.24, 2.45) is 0 Å². The second-order valence-corrected chi connectivity index (χ2v) is 2.42. The molecule has 72 valence electrons. The molecule has 1 amide bonds. The van der Waals surface area contributed by atoms with Crippen molar-refractivity contribution in [1.29, 1.82) is 0 Å². The van der Waals surface area contributed by atoms with Crippen LogP contribution in [0.3, 0.4) is 0 Å². The highest BCUT2D eigenvalue weighted by Gasteiger charge is 1.77. The quantitative estimate of drug-likeness (QED) is 0.687. The van der Waals surface area contributed by atoms with Crippen molar-refractivity contribution in [2.75, 3.05) is 19.4 Å². The molecule has 0 bridgehead atoms. The molecule has 3 heteroatoms. The maximum Gasteiger partial charge on any atom is 0.216 e. The lowest BCUT2D eigenvalue weighted by atomic mass is 10.3. The molecule has 13 heavy (non-hydrogen) atoms. The van der Waals surface area contributed by atoms with Gasteiger partial charge in [0, 0.05) is 26.7 Å². The van der Waals surface area contributed by atoms with Crippen molar-refractivity contribution < 1.29 is 4.79 Å². The van der Waals surface area contributed by atoms with E-state index in [1.54, 1.807) is 7.05 Å². The van der Waals surface area contributed by atoms with E-state index in [1.165, 1.54) is 6.92 Å². The summed E-state index contributed by atoms with van der Waals surface area (Å²) >= 11 is 0. The summed E-state index contributed by atoms with van der Waals surface area (Å²) < 4.78 is 0. The molecular weight excluding hydrogens is 164 g/mol. The Bertz CT molecular complexity index is 234. The van der Waals surface area contributed by atoms with Gasteiger partial charge in [0.2, 0.25) is 5.91 Å². The number of hydrogen-bond acceptors (Lipinski definition) is 2. The van der Waals surface area contributed by atoms with Crippen molar-refractivity contribution in [2.45, 2.75) is 6.92 Å². The van der Waals surface area contributed by atoms with E-state index in [4.69, 9.17) is 0 Å². The Morgan fingerprint density at radius 2 is 1.62 bits per heavy atom. The summed E-state index contributed by atoms with van der Waals surface area (Å²) in [5.41, 5.74) is 1.16. The fourth-order valence-electron chi connectivity index (χ4n) is 0.605. The Morgan fingerprint density at radius 1 is 1.15 bits per heavy atom. The molecule has 1 aromatic carbocycles. The Hall–Kier alpha value is -1.51. The van der Waals surface area contributed by atoms with Gasteiger partial charge in [-0.05, 0) is 12.1 Å². The molecule has 1 rings (SSSR count). The van der Waals surface area contributed by atoms with E-state index in [0.29, 0.717) is 0 Å². The van der Waals surface area contributed by atoms with Gasteiger partial charge in [0.1, 0.15) is 0 Å². The lowest BCUT2D eigenvalue weighted by Gasteiger charge is -1.94.